The van der Waals surface area contributed by atoms with E-state index in [1.54, 1.807) is 44.2 Å². The fourth-order valence-electron chi connectivity index (χ4n) is 5.55. The highest BCUT2D eigenvalue weighted by atomic mass is 16.5. The number of rotatable bonds is 10. The van der Waals surface area contributed by atoms with Crippen molar-refractivity contribution >= 4 is 22.6 Å². The molecule has 2 aromatic carbocycles. The Morgan fingerprint density at radius 3 is 2.56 bits per heavy atom. The highest BCUT2D eigenvalue weighted by Gasteiger charge is 2.39. The van der Waals surface area contributed by atoms with Gasteiger partial charge >= 0.3 is 0 Å². The molecule has 11 nitrogen and oxygen atoms in total. The van der Waals surface area contributed by atoms with Gasteiger partial charge in [-0.1, -0.05) is 12.1 Å². The van der Waals surface area contributed by atoms with Gasteiger partial charge in [-0.2, -0.15) is 0 Å². The quantitative estimate of drug-likeness (QED) is 0.121. The van der Waals surface area contributed by atoms with Crippen LogP contribution in [0.15, 0.2) is 44.5 Å². The summed E-state index contributed by atoms with van der Waals surface area (Å²) in [5, 5.41) is 31.4. The van der Waals surface area contributed by atoms with Crippen LogP contribution in [-0.2, 0) is 12.8 Å². The Labute approximate surface area is 237 Å². The highest BCUT2D eigenvalue weighted by Crippen LogP contribution is 2.45. The zero-order chi connectivity index (χ0) is 29.3. The number of fused-ring (bicyclic) bond motifs is 2. The van der Waals surface area contributed by atoms with Gasteiger partial charge in [0, 0.05) is 43.0 Å². The summed E-state index contributed by atoms with van der Waals surface area (Å²) in [6, 6.07) is 8.57. The summed E-state index contributed by atoms with van der Waals surface area (Å²) in [4.78, 5) is 18.3. The molecule has 1 aromatic heterocycles. The number of hydrogen-bond acceptors (Lipinski definition) is 9. The summed E-state index contributed by atoms with van der Waals surface area (Å²) in [6.07, 6.45) is 2.79. The van der Waals surface area contributed by atoms with E-state index in [0.717, 1.165) is 36.8 Å². The molecular formula is C30H38N4O7. The lowest BCUT2D eigenvalue weighted by atomic mass is 9.94. The van der Waals surface area contributed by atoms with Crippen LogP contribution in [0.4, 0.5) is 5.69 Å². The minimum atomic E-state index is -1.17. The molecule has 0 unspecified atom stereocenters. The van der Waals surface area contributed by atoms with E-state index in [-0.39, 0.29) is 53.8 Å². The topological polar surface area (TPSA) is 186 Å². The number of nitrogens with zero attached hydrogens (tertiary/aromatic N) is 1. The molecule has 1 aliphatic carbocycles. The van der Waals surface area contributed by atoms with Gasteiger partial charge < -0.3 is 35.6 Å². The molecule has 0 bridgehead atoms. The van der Waals surface area contributed by atoms with Crippen molar-refractivity contribution in [3.8, 4) is 11.5 Å². The molecule has 41 heavy (non-hydrogen) atoms. The first-order valence-electron chi connectivity index (χ1n) is 14.0. The van der Waals surface area contributed by atoms with E-state index in [0.29, 0.717) is 29.0 Å². The summed E-state index contributed by atoms with van der Waals surface area (Å²) in [5.41, 5.74) is 14.1. The van der Waals surface area contributed by atoms with Crippen molar-refractivity contribution in [3.05, 3.63) is 63.0 Å². The molecule has 3 aromatic rings. The molecule has 0 saturated heterocycles. The van der Waals surface area contributed by atoms with Gasteiger partial charge in [-0.25, -0.2) is 0 Å². The lowest BCUT2D eigenvalue weighted by molar-refractivity contribution is -0.0229. The molecule has 0 spiro atoms. The van der Waals surface area contributed by atoms with Gasteiger partial charge in [0.25, 0.3) is 0 Å². The van der Waals surface area contributed by atoms with Crippen molar-refractivity contribution in [1.29, 1.82) is 0 Å². The molecule has 1 fully saturated rings. The smallest absolute Gasteiger partial charge is 0.200 e. The summed E-state index contributed by atoms with van der Waals surface area (Å²) >= 11 is 0. The number of aliphatic hydroxyl groups is 2. The normalized spacial score (nSPS) is 17.7. The third-order valence-electron chi connectivity index (χ3n) is 7.82. The van der Waals surface area contributed by atoms with Gasteiger partial charge in [-0.15, -0.1) is 0 Å². The first-order chi connectivity index (χ1) is 19.5. The minimum Gasteiger partial charge on any atom is -0.489 e. The molecular weight excluding hydrogens is 528 g/mol. The van der Waals surface area contributed by atoms with Crippen LogP contribution in [0, 0.1) is 0 Å². The second-order valence-electron chi connectivity index (χ2n) is 11.4. The number of benzene rings is 2. The van der Waals surface area contributed by atoms with E-state index >= 15 is 0 Å². The van der Waals surface area contributed by atoms with Crippen LogP contribution >= 0.6 is 0 Å². The van der Waals surface area contributed by atoms with Crippen molar-refractivity contribution in [2.75, 3.05) is 12.0 Å². The molecule has 2 atom stereocenters. The third-order valence-corrected chi connectivity index (χ3v) is 7.82. The molecule has 2 aliphatic rings. The Hall–Kier alpha value is -3.80. The van der Waals surface area contributed by atoms with Crippen molar-refractivity contribution in [2.24, 2.45) is 16.5 Å². The Bertz CT molecular complexity index is 1480. The number of guanidine groups is 1. The summed E-state index contributed by atoms with van der Waals surface area (Å²) in [7, 11) is 0. The van der Waals surface area contributed by atoms with Gasteiger partial charge in [-0.3, -0.25) is 20.5 Å². The largest absolute Gasteiger partial charge is 0.489 e. The average Bonchev–Trinajstić information content (AvgIpc) is 3.60. The van der Waals surface area contributed by atoms with E-state index < -0.39 is 17.8 Å². The van der Waals surface area contributed by atoms with E-state index in [4.69, 9.17) is 25.4 Å². The van der Waals surface area contributed by atoms with Crippen molar-refractivity contribution in [2.45, 2.75) is 82.7 Å². The van der Waals surface area contributed by atoms with E-state index in [9.17, 15) is 20.2 Å². The predicted octanol–water partition coefficient (Wildman–Crippen LogP) is 3.28. The number of aliphatic imine (C=N–C) groups is 1. The average molecular weight is 567 g/mol. The summed E-state index contributed by atoms with van der Waals surface area (Å²) in [5.74, 6) is 0.924. The van der Waals surface area contributed by atoms with Crippen LogP contribution in [-0.4, -0.2) is 45.7 Å². The Morgan fingerprint density at radius 1 is 1.22 bits per heavy atom. The van der Waals surface area contributed by atoms with Crippen LogP contribution in [0.2, 0.25) is 0 Å². The molecule has 0 amide bonds. The van der Waals surface area contributed by atoms with Crippen LogP contribution in [0.3, 0.4) is 0 Å². The van der Waals surface area contributed by atoms with Crippen LogP contribution in [0.5, 0.6) is 11.5 Å². The van der Waals surface area contributed by atoms with Crippen LogP contribution in [0.25, 0.3) is 11.0 Å². The van der Waals surface area contributed by atoms with Crippen molar-refractivity contribution in [3.63, 3.8) is 0 Å². The van der Waals surface area contributed by atoms with Gasteiger partial charge in [0.2, 0.25) is 0 Å². The number of anilines is 1. The molecule has 11 heteroatoms. The molecule has 5 rings (SSSR count). The van der Waals surface area contributed by atoms with Crippen molar-refractivity contribution < 1.29 is 29.3 Å². The van der Waals surface area contributed by atoms with Gasteiger partial charge in [0.1, 0.15) is 40.4 Å². The van der Waals surface area contributed by atoms with Gasteiger partial charge in [0.15, 0.2) is 11.4 Å². The first-order valence-corrected chi connectivity index (χ1v) is 14.0. The number of nitrogens with two attached hydrogens (primary N) is 2. The maximum absolute atomic E-state index is 14.4. The molecule has 220 valence electrons. The Balaban J connectivity index is 1.68. The van der Waals surface area contributed by atoms with Crippen LogP contribution in [0.1, 0.15) is 74.5 Å². The summed E-state index contributed by atoms with van der Waals surface area (Å²) < 4.78 is 19.0. The van der Waals surface area contributed by atoms with Crippen molar-refractivity contribution in [1.82, 2.24) is 0 Å². The standard InChI is InChI=1S/C30H38N4O7/c1-30(2,37)24-14-19-22(40-24)15-23-25(28(19)39-18-5-3-4-6-18)26(36)20(13-16-7-9-17(34-38)10-8-16)27(41-23)21(35)11-12-33-29(31)32/h7-10,15,18,21,24,34-35,37-38H,3-6,11-14H2,1-2H3,(H4,31,32,33)/t21-,24-/m1/s1. The first kappa shape index (κ1) is 28.7. The van der Waals surface area contributed by atoms with Crippen LogP contribution < -0.4 is 31.8 Å². The number of hydrogen-bond donors (Lipinski definition) is 6. The highest BCUT2D eigenvalue weighted by molar-refractivity contribution is 5.88. The predicted molar refractivity (Wildman–Crippen MR) is 155 cm³/mol. The SMILES string of the molecule is CC(C)(O)[C@H]1Cc2c(cc3oc([C@H](O)CCN=C(N)N)c(Cc4ccc(NO)cc4)c(=O)c3c2OC2CCCC2)O1. The Kier molecular flexibility index (Phi) is 8.12. The number of nitrogens with one attached hydrogen (secondary N) is 1. The lowest BCUT2D eigenvalue weighted by Crippen LogP contribution is -2.39. The third kappa shape index (κ3) is 6.12. The fraction of sp³-hybridized carbons (Fsp3) is 0.467. The van der Waals surface area contributed by atoms with E-state index in [2.05, 4.69) is 10.5 Å². The molecule has 0 radical (unpaired) electrons. The molecule has 1 aliphatic heterocycles. The zero-order valence-corrected chi connectivity index (χ0v) is 23.4. The second kappa shape index (κ2) is 11.6. The molecule has 2 heterocycles. The monoisotopic (exact) mass is 566 g/mol. The van der Waals surface area contributed by atoms with E-state index in [1.165, 1.54) is 0 Å². The maximum Gasteiger partial charge on any atom is 0.200 e. The number of aliphatic hydroxyl groups excluding tert-OH is 1. The minimum absolute atomic E-state index is 0.0443. The van der Waals surface area contributed by atoms with Gasteiger partial charge in [0.05, 0.1) is 17.4 Å². The number of ether oxygens (including phenoxy) is 2. The van der Waals surface area contributed by atoms with Gasteiger partial charge in [-0.05, 0) is 57.2 Å². The zero-order valence-electron chi connectivity index (χ0n) is 23.4. The molecule has 8 N–H and O–H groups in total. The maximum atomic E-state index is 14.4. The fourth-order valence-corrected chi connectivity index (χ4v) is 5.55. The summed E-state index contributed by atoms with van der Waals surface area (Å²) in [6.45, 7) is 3.51. The molecule has 1 saturated carbocycles. The Morgan fingerprint density at radius 2 is 1.93 bits per heavy atom. The second-order valence-corrected chi connectivity index (χ2v) is 11.4. The lowest BCUT2D eigenvalue weighted by Gasteiger charge is -2.24. The van der Waals surface area contributed by atoms with E-state index in [1.807, 2.05) is 0 Å².